The maximum absolute atomic E-state index is 9.55. The van der Waals surface area contributed by atoms with Gasteiger partial charge in [0.05, 0.1) is 12.2 Å². The molecule has 2 rings (SSSR count). The maximum Gasteiger partial charge on any atom is 0.0570 e. The van der Waals surface area contributed by atoms with Crippen LogP contribution in [0, 0.1) is 0 Å². The molecule has 1 aromatic rings. The van der Waals surface area contributed by atoms with Crippen molar-refractivity contribution in [2.24, 2.45) is 0 Å². The first-order valence-electron chi connectivity index (χ1n) is 5.17. The Hall–Kier alpha value is -0.860. The van der Waals surface area contributed by atoms with E-state index in [1.165, 1.54) is 5.56 Å². The van der Waals surface area contributed by atoms with E-state index in [0.29, 0.717) is 12.3 Å². The molecule has 0 saturated heterocycles. The molecule has 2 heteroatoms. The van der Waals surface area contributed by atoms with Crippen LogP contribution in [0.15, 0.2) is 30.3 Å². The molecule has 76 valence electrons. The van der Waals surface area contributed by atoms with Gasteiger partial charge < -0.3 is 10.2 Å². The predicted octanol–water partition coefficient (Wildman–Crippen LogP) is 1.68. The van der Waals surface area contributed by atoms with Crippen LogP contribution in [0.25, 0.3) is 0 Å². The molecule has 0 radical (unpaired) electrons. The maximum atomic E-state index is 9.55. The van der Waals surface area contributed by atoms with Crippen LogP contribution in [0.3, 0.4) is 0 Å². The number of hydrogen-bond donors (Lipinski definition) is 2. The monoisotopic (exact) mass is 192 g/mol. The van der Waals surface area contributed by atoms with Crippen LogP contribution in [0.1, 0.15) is 30.7 Å². The Balaban J connectivity index is 2.11. The summed E-state index contributed by atoms with van der Waals surface area (Å²) < 4.78 is 0. The van der Waals surface area contributed by atoms with Gasteiger partial charge in [0.1, 0.15) is 0 Å². The van der Waals surface area contributed by atoms with Gasteiger partial charge in [-0.1, -0.05) is 30.3 Å². The van der Waals surface area contributed by atoms with Gasteiger partial charge in [-0.25, -0.2) is 0 Å². The lowest BCUT2D eigenvalue weighted by molar-refractivity contribution is 0.0306. The summed E-state index contributed by atoms with van der Waals surface area (Å²) in [6.45, 7) is 0. The summed E-state index contributed by atoms with van der Waals surface area (Å²) in [4.78, 5) is 0. The second kappa shape index (κ2) is 4.11. The molecule has 1 aliphatic rings. The SMILES string of the molecule is O[C@@H]1CC(c2ccccc2)C[C@H](O)C1. The highest BCUT2D eigenvalue weighted by atomic mass is 16.3. The standard InChI is InChI=1S/C12H16O2/c13-11-6-10(7-12(14)8-11)9-4-2-1-3-5-9/h1-5,10-14H,6-8H2/t10?,11-,12+. The Kier molecular flexibility index (Phi) is 2.85. The lowest BCUT2D eigenvalue weighted by atomic mass is 9.81. The Bertz CT molecular complexity index is 274. The Morgan fingerprint density at radius 3 is 2.00 bits per heavy atom. The van der Waals surface area contributed by atoms with Crippen molar-refractivity contribution in [3.05, 3.63) is 35.9 Å². The first kappa shape index (κ1) is 9.69. The second-order valence-electron chi connectivity index (χ2n) is 4.12. The molecular weight excluding hydrogens is 176 g/mol. The van der Waals surface area contributed by atoms with Gasteiger partial charge in [0, 0.05) is 0 Å². The minimum Gasteiger partial charge on any atom is -0.393 e. The fraction of sp³-hybridized carbons (Fsp3) is 0.500. The van der Waals surface area contributed by atoms with Crippen molar-refractivity contribution in [1.82, 2.24) is 0 Å². The first-order valence-corrected chi connectivity index (χ1v) is 5.17. The average molecular weight is 192 g/mol. The molecule has 1 aliphatic carbocycles. The molecule has 2 nitrogen and oxygen atoms in total. The largest absolute Gasteiger partial charge is 0.393 e. The van der Waals surface area contributed by atoms with Crippen molar-refractivity contribution in [3.63, 3.8) is 0 Å². The predicted molar refractivity (Wildman–Crippen MR) is 55.0 cm³/mol. The fourth-order valence-electron chi connectivity index (χ4n) is 2.26. The van der Waals surface area contributed by atoms with E-state index < -0.39 is 0 Å². The van der Waals surface area contributed by atoms with E-state index in [4.69, 9.17) is 0 Å². The van der Waals surface area contributed by atoms with Gasteiger partial charge in [0.2, 0.25) is 0 Å². The molecule has 0 bridgehead atoms. The summed E-state index contributed by atoms with van der Waals surface area (Å²) in [5.74, 6) is 0.315. The van der Waals surface area contributed by atoms with Crippen molar-refractivity contribution in [3.8, 4) is 0 Å². The zero-order valence-corrected chi connectivity index (χ0v) is 8.13. The molecular formula is C12H16O2. The zero-order valence-electron chi connectivity index (χ0n) is 8.13. The van der Waals surface area contributed by atoms with Gasteiger partial charge in [-0.3, -0.25) is 0 Å². The third-order valence-electron chi connectivity index (χ3n) is 2.93. The van der Waals surface area contributed by atoms with Gasteiger partial charge in [0.15, 0.2) is 0 Å². The Morgan fingerprint density at radius 2 is 1.43 bits per heavy atom. The van der Waals surface area contributed by atoms with E-state index in [2.05, 4.69) is 12.1 Å². The smallest absolute Gasteiger partial charge is 0.0570 e. The van der Waals surface area contributed by atoms with Crippen LogP contribution in [-0.2, 0) is 0 Å². The second-order valence-corrected chi connectivity index (χ2v) is 4.12. The molecule has 0 heterocycles. The van der Waals surface area contributed by atoms with E-state index in [9.17, 15) is 10.2 Å². The molecule has 1 unspecified atom stereocenters. The van der Waals surface area contributed by atoms with Crippen LogP contribution in [0.2, 0.25) is 0 Å². The fourth-order valence-corrected chi connectivity index (χ4v) is 2.26. The number of aliphatic hydroxyl groups excluding tert-OH is 2. The lowest BCUT2D eigenvalue weighted by Gasteiger charge is -2.29. The Labute approximate surface area is 84.2 Å². The van der Waals surface area contributed by atoms with Gasteiger partial charge in [-0.05, 0) is 30.7 Å². The van der Waals surface area contributed by atoms with Gasteiger partial charge in [-0.2, -0.15) is 0 Å². The van der Waals surface area contributed by atoms with E-state index in [-0.39, 0.29) is 12.2 Å². The summed E-state index contributed by atoms with van der Waals surface area (Å²) >= 11 is 0. The lowest BCUT2D eigenvalue weighted by Crippen LogP contribution is -2.28. The number of rotatable bonds is 1. The number of aliphatic hydroxyl groups is 2. The summed E-state index contributed by atoms with van der Waals surface area (Å²) in [6, 6.07) is 10.1. The zero-order chi connectivity index (χ0) is 9.97. The minimum atomic E-state index is -0.344. The van der Waals surface area contributed by atoms with E-state index in [1.807, 2.05) is 18.2 Å². The first-order chi connectivity index (χ1) is 6.75. The van der Waals surface area contributed by atoms with Crippen LogP contribution in [-0.4, -0.2) is 22.4 Å². The van der Waals surface area contributed by atoms with Crippen LogP contribution < -0.4 is 0 Å². The van der Waals surface area contributed by atoms with Crippen molar-refractivity contribution in [2.75, 3.05) is 0 Å². The summed E-state index contributed by atoms with van der Waals surface area (Å²) in [7, 11) is 0. The summed E-state index contributed by atoms with van der Waals surface area (Å²) in [5.41, 5.74) is 1.23. The van der Waals surface area contributed by atoms with Gasteiger partial charge in [-0.15, -0.1) is 0 Å². The highest BCUT2D eigenvalue weighted by molar-refractivity contribution is 5.20. The molecule has 1 fully saturated rings. The molecule has 2 N–H and O–H groups in total. The number of hydrogen-bond acceptors (Lipinski definition) is 2. The summed E-state index contributed by atoms with van der Waals surface area (Å²) in [5, 5.41) is 19.1. The molecule has 1 aromatic carbocycles. The van der Waals surface area contributed by atoms with Crippen LogP contribution in [0.4, 0.5) is 0 Å². The molecule has 0 aliphatic heterocycles. The quantitative estimate of drug-likeness (QED) is 0.710. The van der Waals surface area contributed by atoms with Crippen LogP contribution in [0.5, 0.6) is 0 Å². The molecule has 0 amide bonds. The topological polar surface area (TPSA) is 40.5 Å². The van der Waals surface area contributed by atoms with Crippen LogP contribution >= 0.6 is 0 Å². The third kappa shape index (κ3) is 2.14. The van der Waals surface area contributed by atoms with Crippen molar-refractivity contribution in [1.29, 1.82) is 0 Å². The van der Waals surface area contributed by atoms with Crippen molar-refractivity contribution >= 4 is 0 Å². The molecule has 1 saturated carbocycles. The molecule has 14 heavy (non-hydrogen) atoms. The van der Waals surface area contributed by atoms with Crippen molar-refractivity contribution < 1.29 is 10.2 Å². The number of benzene rings is 1. The van der Waals surface area contributed by atoms with Gasteiger partial charge in [0.25, 0.3) is 0 Å². The minimum absolute atomic E-state index is 0.315. The highest BCUT2D eigenvalue weighted by Crippen LogP contribution is 2.32. The van der Waals surface area contributed by atoms with Crippen molar-refractivity contribution in [2.45, 2.75) is 37.4 Å². The molecule has 0 aromatic heterocycles. The Morgan fingerprint density at radius 1 is 0.857 bits per heavy atom. The summed E-state index contributed by atoms with van der Waals surface area (Å²) in [6.07, 6.45) is 1.40. The normalized spacial score (nSPS) is 32.9. The average Bonchev–Trinajstić information content (AvgIpc) is 2.18. The molecule has 3 atom stereocenters. The van der Waals surface area contributed by atoms with E-state index >= 15 is 0 Å². The van der Waals surface area contributed by atoms with E-state index in [0.717, 1.165) is 12.8 Å². The van der Waals surface area contributed by atoms with Gasteiger partial charge >= 0.3 is 0 Å². The third-order valence-corrected chi connectivity index (χ3v) is 2.93. The molecule has 0 spiro atoms. The highest BCUT2D eigenvalue weighted by Gasteiger charge is 2.26. The van der Waals surface area contributed by atoms with E-state index in [1.54, 1.807) is 0 Å².